The molecule has 2 atom stereocenters. The Hall–Kier alpha value is -5.44. The summed E-state index contributed by atoms with van der Waals surface area (Å²) in [6.45, 7) is 0. The molecule has 2 aromatic carbocycles. The zero-order valence-electron chi connectivity index (χ0n) is 34.2. The van der Waals surface area contributed by atoms with Gasteiger partial charge in [0.05, 0.1) is 70.7 Å². The summed E-state index contributed by atoms with van der Waals surface area (Å²) in [5, 5.41) is 25.5. The Morgan fingerprint density at radius 3 is 1.25 bits per heavy atom. The minimum absolute atomic E-state index is 0.305. The molecule has 2 N–H and O–H groups in total. The fraction of sp³-hybridized carbons (Fsp3) is 0.385. The van der Waals surface area contributed by atoms with Crippen molar-refractivity contribution in [2.45, 2.75) is 113 Å². The van der Waals surface area contributed by atoms with Gasteiger partial charge >= 0.3 is 0 Å². The van der Waals surface area contributed by atoms with E-state index >= 15 is 0 Å². The summed E-state index contributed by atoms with van der Waals surface area (Å²) >= 11 is 0. The number of hydrogen-bond donors (Lipinski definition) is 2. The first-order chi connectivity index (χ1) is 29.6. The first kappa shape index (κ1) is 37.6. The van der Waals surface area contributed by atoms with Crippen LogP contribution in [0, 0.1) is 11.8 Å². The van der Waals surface area contributed by atoms with Crippen LogP contribution in [0.3, 0.4) is 0 Å². The molecule has 0 spiro atoms. The minimum Gasteiger partial charge on any atom is -0.387 e. The van der Waals surface area contributed by atoms with Gasteiger partial charge in [0.25, 0.3) is 0 Å². The highest BCUT2D eigenvalue weighted by Gasteiger charge is 2.36. The van der Waals surface area contributed by atoms with Crippen LogP contribution in [-0.2, 0) is 0 Å². The normalized spacial score (nSPS) is 23.1. The Morgan fingerprint density at radius 2 is 0.833 bits per heavy atom. The lowest BCUT2D eigenvalue weighted by Gasteiger charge is -2.33. The Labute approximate surface area is 351 Å². The second-order valence-corrected chi connectivity index (χ2v) is 18.2. The number of pyridine rings is 4. The summed E-state index contributed by atoms with van der Waals surface area (Å²) in [5.74, 6) is 2.93. The second-order valence-electron chi connectivity index (χ2n) is 18.2. The van der Waals surface area contributed by atoms with Crippen LogP contribution < -0.4 is 0 Å². The number of aliphatic hydroxyl groups excluding tert-OH is 2. The van der Waals surface area contributed by atoms with Crippen molar-refractivity contribution in [1.29, 1.82) is 0 Å². The van der Waals surface area contributed by atoms with Gasteiger partial charge in [0.1, 0.15) is 0 Å². The number of nitrogens with zero attached hydrogens (tertiary/aromatic N) is 6. The van der Waals surface area contributed by atoms with Crippen LogP contribution in [-0.4, -0.2) is 39.0 Å². The zero-order chi connectivity index (χ0) is 40.2. The van der Waals surface area contributed by atoms with E-state index in [1.54, 1.807) is 0 Å². The highest BCUT2D eigenvalue weighted by Crippen LogP contribution is 2.49. The fourth-order valence-electron chi connectivity index (χ4n) is 11.1. The third-order valence-corrected chi connectivity index (χ3v) is 14.6. The summed E-state index contributed by atoms with van der Waals surface area (Å²) in [7, 11) is 0. The Kier molecular flexibility index (Phi) is 9.93. The van der Waals surface area contributed by atoms with Crippen molar-refractivity contribution in [3.8, 4) is 0 Å². The van der Waals surface area contributed by atoms with Crippen LogP contribution in [0.1, 0.15) is 147 Å². The lowest BCUT2D eigenvalue weighted by atomic mass is 9.75. The number of aromatic nitrogens is 6. The van der Waals surface area contributed by atoms with Crippen LogP contribution in [0.4, 0.5) is 0 Å². The minimum atomic E-state index is -0.423. The molecule has 8 heteroatoms. The van der Waals surface area contributed by atoms with E-state index in [0.29, 0.717) is 35.5 Å². The summed E-state index contributed by atoms with van der Waals surface area (Å²) < 4.78 is 4.25. The summed E-state index contributed by atoms with van der Waals surface area (Å²) in [4.78, 5) is 17.7. The Morgan fingerprint density at radius 1 is 0.433 bits per heavy atom. The maximum atomic E-state index is 11.5. The van der Waals surface area contributed by atoms with E-state index in [2.05, 4.69) is 102 Å². The van der Waals surface area contributed by atoms with Crippen LogP contribution in [0.5, 0.6) is 0 Å². The molecule has 4 saturated carbocycles. The van der Waals surface area contributed by atoms with Crippen LogP contribution >= 0.6 is 0 Å². The van der Waals surface area contributed by atoms with Crippen molar-refractivity contribution in [3.05, 3.63) is 156 Å². The molecule has 4 fully saturated rings. The van der Waals surface area contributed by atoms with E-state index in [1.807, 2.05) is 49.6 Å². The van der Waals surface area contributed by atoms with Crippen LogP contribution in [0.15, 0.2) is 122 Å². The van der Waals surface area contributed by atoms with E-state index in [-0.39, 0.29) is 0 Å². The SMILES string of the molecule is O[C@@H](c1c(C2CC2)ccc2cncn12)C1CCC(c2cccc3ncccc23)CC1.O[C@H](c1c(C2CC2)ccc2cncn12)C1CCC(c2cccc3ncccc23)CC1. The molecule has 0 aliphatic heterocycles. The van der Waals surface area contributed by atoms with Gasteiger partial charge in [0, 0.05) is 23.2 Å². The molecule has 4 aliphatic rings. The number of benzene rings is 2. The molecular weight excluding hydrogens is 741 g/mol. The van der Waals surface area contributed by atoms with Crippen molar-refractivity contribution < 1.29 is 10.2 Å². The molecule has 12 rings (SSSR count). The number of fused-ring (bicyclic) bond motifs is 4. The average Bonchev–Trinajstić information content (AvgIpc) is 4.24. The zero-order valence-corrected chi connectivity index (χ0v) is 34.2. The molecule has 4 aliphatic carbocycles. The highest BCUT2D eigenvalue weighted by atomic mass is 16.3. The predicted octanol–water partition coefficient (Wildman–Crippen LogP) is 11.5. The van der Waals surface area contributed by atoms with Crippen molar-refractivity contribution >= 4 is 32.8 Å². The van der Waals surface area contributed by atoms with Crippen molar-refractivity contribution in [3.63, 3.8) is 0 Å². The van der Waals surface area contributed by atoms with E-state index in [4.69, 9.17) is 0 Å². The smallest absolute Gasteiger partial charge is 0.0995 e. The van der Waals surface area contributed by atoms with E-state index in [0.717, 1.165) is 84.8 Å². The molecule has 8 aromatic rings. The quantitative estimate of drug-likeness (QED) is 0.159. The lowest BCUT2D eigenvalue weighted by molar-refractivity contribution is 0.0754. The predicted molar refractivity (Wildman–Crippen MR) is 237 cm³/mol. The van der Waals surface area contributed by atoms with Gasteiger partial charge in [-0.25, -0.2) is 9.97 Å². The number of rotatable bonds is 8. The maximum absolute atomic E-state index is 11.5. The van der Waals surface area contributed by atoms with Gasteiger partial charge in [0.15, 0.2) is 0 Å². The molecule has 6 aromatic heterocycles. The largest absolute Gasteiger partial charge is 0.387 e. The number of aliphatic hydroxyl groups is 2. The number of imidazole rings is 2. The third kappa shape index (κ3) is 7.07. The number of hydrogen-bond acceptors (Lipinski definition) is 6. The molecule has 304 valence electrons. The second kappa shape index (κ2) is 15.9. The summed E-state index contributed by atoms with van der Waals surface area (Å²) in [5.41, 5.74) is 12.0. The molecule has 0 amide bonds. The maximum Gasteiger partial charge on any atom is 0.0995 e. The van der Waals surface area contributed by atoms with Crippen molar-refractivity contribution in [2.75, 3.05) is 0 Å². The molecular formula is C52H54N6O2. The first-order valence-electron chi connectivity index (χ1n) is 22.5. The average molecular weight is 795 g/mol. The topological polar surface area (TPSA) is 101 Å². The molecule has 0 unspecified atom stereocenters. The summed E-state index contributed by atoms with van der Waals surface area (Å²) in [6.07, 6.45) is 24.0. The fourth-order valence-corrected chi connectivity index (χ4v) is 11.1. The molecule has 60 heavy (non-hydrogen) atoms. The van der Waals surface area contributed by atoms with Crippen LogP contribution in [0.25, 0.3) is 32.8 Å². The highest BCUT2D eigenvalue weighted by molar-refractivity contribution is 5.83. The summed E-state index contributed by atoms with van der Waals surface area (Å²) in [6, 6.07) is 30.2. The van der Waals surface area contributed by atoms with Gasteiger partial charge in [-0.15, -0.1) is 0 Å². The molecule has 0 saturated heterocycles. The van der Waals surface area contributed by atoms with Gasteiger partial charge in [-0.2, -0.15) is 0 Å². The van der Waals surface area contributed by atoms with Gasteiger partial charge < -0.3 is 19.0 Å². The standard InChI is InChI=1S/2C26H27N3O/c2*30-26(25-22(18-6-7-18)13-12-20-15-27-16-29(20)25)19-10-8-17(9-11-19)21-3-1-5-24-23(21)4-2-14-28-24/h2*1-5,12-19,26,30H,6-11H2/t2*17?,19?,26-/m10/s1. The van der Waals surface area contributed by atoms with Crippen molar-refractivity contribution in [2.24, 2.45) is 11.8 Å². The monoisotopic (exact) mass is 794 g/mol. The van der Waals surface area contributed by atoms with E-state index in [9.17, 15) is 10.2 Å². The molecule has 6 heterocycles. The van der Waals surface area contributed by atoms with Gasteiger partial charge in [-0.1, -0.05) is 48.5 Å². The van der Waals surface area contributed by atoms with Gasteiger partial charge in [0.2, 0.25) is 0 Å². The molecule has 8 nitrogen and oxygen atoms in total. The molecule has 0 bridgehead atoms. The van der Waals surface area contributed by atoms with E-state index < -0.39 is 12.2 Å². The van der Waals surface area contributed by atoms with Crippen molar-refractivity contribution in [1.82, 2.24) is 28.7 Å². The Balaban J connectivity index is 0.000000136. The first-order valence-corrected chi connectivity index (χ1v) is 22.5. The van der Waals surface area contributed by atoms with Gasteiger partial charge in [-0.05, 0) is 171 Å². The van der Waals surface area contributed by atoms with E-state index in [1.165, 1.54) is 58.7 Å². The van der Waals surface area contributed by atoms with Gasteiger partial charge in [-0.3, -0.25) is 9.97 Å². The lowest BCUT2D eigenvalue weighted by Crippen LogP contribution is -2.22. The Bertz CT molecular complexity index is 2580. The third-order valence-electron chi connectivity index (χ3n) is 14.6. The van der Waals surface area contributed by atoms with Crippen LogP contribution in [0.2, 0.25) is 0 Å². The molecule has 0 radical (unpaired) electrons.